The van der Waals surface area contributed by atoms with Crippen LogP contribution in [0, 0.1) is 0 Å². The van der Waals surface area contributed by atoms with Crippen LogP contribution < -0.4 is 5.32 Å². The van der Waals surface area contributed by atoms with Crippen LogP contribution in [0.1, 0.15) is 28.2 Å². The van der Waals surface area contributed by atoms with E-state index in [1.807, 2.05) is 17.5 Å². The van der Waals surface area contributed by atoms with Gasteiger partial charge < -0.3 is 10.4 Å². The summed E-state index contributed by atoms with van der Waals surface area (Å²) in [6, 6.07) is 3.92. The van der Waals surface area contributed by atoms with Gasteiger partial charge in [-0.2, -0.15) is 11.8 Å². The zero-order valence-electron chi connectivity index (χ0n) is 12.3. The van der Waals surface area contributed by atoms with Crippen LogP contribution in [0.15, 0.2) is 23.7 Å². The lowest BCUT2D eigenvalue weighted by atomic mass is 9.92. The molecule has 0 aromatic carbocycles. The number of hydrogen-bond donors (Lipinski definition) is 2. The molecule has 3 heterocycles. The number of thiophene rings is 1. The number of thioether (sulfide) groups is 1. The summed E-state index contributed by atoms with van der Waals surface area (Å²) < 4.78 is 1.57. The molecule has 1 aliphatic rings. The third kappa shape index (κ3) is 3.56. The second-order valence-electron chi connectivity index (χ2n) is 5.33. The van der Waals surface area contributed by atoms with E-state index >= 15 is 0 Å². The number of nitrogens with one attached hydrogen (secondary N) is 1. The average Bonchev–Trinajstić information content (AvgIpc) is 3.20. The Hall–Kier alpha value is -1.87. The molecular formula is C14H16N4O3S2. The van der Waals surface area contributed by atoms with E-state index in [2.05, 4.69) is 15.6 Å². The second-order valence-corrected chi connectivity index (χ2v) is 7.59. The highest BCUT2D eigenvalue weighted by molar-refractivity contribution is 7.99. The summed E-state index contributed by atoms with van der Waals surface area (Å²) in [7, 11) is 0. The summed E-state index contributed by atoms with van der Waals surface area (Å²) in [6.45, 7) is 0.540. The lowest BCUT2D eigenvalue weighted by Gasteiger charge is -2.33. The molecule has 7 nitrogen and oxygen atoms in total. The van der Waals surface area contributed by atoms with Gasteiger partial charge in [0.25, 0.3) is 5.91 Å². The number of rotatable bonds is 5. The van der Waals surface area contributed by atoms with Gasteiger partial charge in [0.05, 0.1) is 12.7 Å². The fourth-order valence-electron chi connectivity index (χ4n) is 2.44. The SMILES string of the molecule is O=C(NC1(C(=O)O)CCSCC1)c1cn(Cc2cccs2)nn1. The molecule has 1 fully saturated rings. The van der Waals surface area contributed by atoms with Crippen molar-refractivity contribution >= 4 is 35.0 Å². The summed E-state index contributed by atoms with van der Waals surface area (Å²) in [5.41, 5.74) is -1.06. The van der Waals surface area contributed by atoms with Crippen molar-refractivity contribution in [1.29, 1.82) is 0 Å². The third-order valence-electron chi connectivity index (χ3n) is 3.78. The number of hydrogen-bond acceptors (Lipinski definition) is 6. The van der Waals surface area contributed by atoms with E-state index in [0.29, 0.717) is 19.4 Å². The predicted molar refractivity (Wildman–Crippen MR) is 87.8 cm³/mol. The van der Waals surface area contributed by atoms with Crippen LogP contribution in [0.3, 0.4) is 0 Å². The zero-order valence-corrected chi connectivity index (χ0v) is 13.9. The van der Waals surface area contributed by atoms with Crippen molar-refractivity contribution < 1.29 is 14.7 Å². The Morgan fingerprint density at radius 2 is 2.17 bits per heavy atom. The van der Waals surface area contributed by atoms with Crippen molar-refractivity contribution in [2.45, 2.75) is 24.9 Å². The molecular weight excluding hydrogens is 336 g/mol. The average molecular weight is 352 g/mol. The molecule has 1 amide bonds. The van der Waals surface area contributed by atoms with E-state index in [9.17, 15) is 14.7 Å². The Kier molecular flexibility index (Phi) is 4.67. The van der Waals surface area contributed by atoms with E-state index in [4.69, 9.17) is 0 Å². The van der Waals surface area contributed by atoms with E-state index in [0.717, 1.165) is 16.4 Å². The van der Waals surface area contributed by atoms with Crippen molar-refractivity contribution in [3.63, 3.8) is 0 Å². The molecule has 0 spiro atoms. The summed E-state index contributed by atoms with van der Waals surface area (Å²) in [5.74, 6) is -0.0381. The van der Waals surface area contributed by atoms with Crippen LogP contribution >= 0.6 is 23.1 Å². The van der Waals surface area contributed by atoms with Crippen LogP contribution in [-0.4, -0.2) is 49.0 Å². The highest BCUT2D eigenvalue weighted by Gasteiger charge is 2.41. The van der Waals surface area contributed by atoms with Crippen molar-refractivity contribution in [1.82, 2.24) is 20.3 Å². The maximum absolute atomic E-state index is 12.3. The van der Waals surface area contributed by atoms with Crippen molar-refractivity contribution in [2.24, 2.45) is 0 Å². The summed E-state index contributed by atoms with van der Waals surface area (Å²) in [6.07, 6.45) is 2.38. The van der Waals surface area contributed by atoms with E-state index in [1.165, 1.54) is 0 Å². The minimum atomic E-state index is -1.19. The first kappa shape index (κ1) is 16.0. The monoisotopic (exact) mass is 352 g/mol. The maximum atomic E-state index is 12.3. The Labute approximate surface area is 141 Å². The van der Waals surface area contributed by atoms with Crippen molar-refractivity contribution in [3.8, 4) is 0 Å². The molecule has 3 rings (SSSR count). The van der Waals surface area contributed by atoms with Crippen LogP contribution in [0.25, 0.3) is 0 Å². The highest BCUT2D eigenvalue weighted by Crippen LogP contribution is 2.27. The number of carbonyl (C=O) groups is 2. The molecule has 1 saturated heterocycles. The van der Waals surface area contributed by atoms with Crippen molar-refractivity contribution in [2.75, 3.05) is 11.5 Å². The third-order valence-corrected chi connectivity index (χ3v) is 5.62. The Morgan fingerprint density at radius 1 is 1.39 bits per heavy atom. The van der Waals surface area contributed by atoms with Gasteiger partial charge in [-0.3, -0.25) is 4.79 Å². The Balaban J connectivity index is 1.70. The molecule has 0 unspecified atom stereocenters. The van der Waals surface area contributed by atoms with E-state index in [1.54, 1.807) is 34.0 Å². The molecule has 2 aromatic heterocycles. The summed E-state index contributed by atoms with van der Waals surface area (Å²) in [5, 5.41) is 21.9. The number of carboxylic acid groups (broad SMARTS) is 1. The molecule has 0 radical (unpaired) electrons. The van der Waals surface area contributed by atoms with Gasteiger partial charge >= 0.3 is 5.97 Å². The molecule has 0 bridgehead atoms. The lowest BCUT2D eigenvalue weighted by Crippen LogP contribution is -2.56. The topological polar surface area (TPSA) is 97.1 Å². The van der Waals surface area contributed by atoms with Crippen LogP contribution in [0.4, 0.5) is 0 Å². The molecule has 23 heavy (non-hydrogen) atoms. The van der Waals surface area contributed by atoms with Gasteiger partial charge in [0.1, 0.15) is 5.54 Å². The number of aromatic nitrogens is 3. The van der Waals surface area contributed by atoms with E-state index in [-0.39, 0.29) is 5.69 Å². The molecule has 0 aliphatic carbocycles. The Bertz CT molecular complexity index is 693. The van der Waals surface area contributed by atoms with Gasteiger partial charge in [-0.15, -0.1) is 16.4 Å². The van der Waals surface area contributed by atoms with Crippen molar-refractivity contribution in [3.05, 3.63) is 34.3 Å². The molecule has 2 N–H and O–H groups in total. The fraction of sp³-hybridized carbons (Fsp3) is 0.429. The fourth-order valence-corrected chi connectivity index (χ4v) is 4.32. The van der Waals surface area contributed by atoms with Gasteiger partial charge in [0.15, 0.2) is 5.69 Å². The minimum Gasteiger partial charge on any atom is -0.480 e. The second kappa shape index (κ2) is 6.71. The van der Waals surface area contributed by atoms with Crippen LogP contribution in [0.2, 0.25) is 0 Å². The zero-order chi connectivity index (χ0) is 16.3. The van der Waals surface area contributed by atoms with Gasteiger partial charge in [0, 0.05) is 4.88 Å². The first-order valence-corrected chi connectivity index (χ1v) is 9.19. The molecule has 0 saturated carbocycles. The quantitative estimate of drug-likeness (QED) is 0.846. The minimum absolute atomic E-state index is 0.139. The number of carbonyl (C=O) groups excluding carboxylic acids is 1. The first-order chi connectivity index (χ1) is 11.1. The highest BCUT2D eigenvalue weighted by atomic mass is 32.2. The van der Waals surface area contributed by atoms with Gasteiger partial charge in [-0.05, 0) is 35.8 Å². The smallest absolute Gasteiger partial charge is 0.329 e. The number of aliphatic carboxylic acids is 1. The molecule has 2 aromatic rings. The molecule has 9 heteroatoms. The maximum Gasteiger partial charge on any atom is 0.329 e. The summed E-state index contributed by atoms with van der Waals surface area (Å²) >= 11 is 3.30. The first-order valence-electron chi connectivity index (χ1n) is 7.15. The number of nitrogens with zero attached hydrogens (tertiary/aromatic N) is 3. The van der Waals surface area contributed by atoms with Gasteiger partial charge in [-0.1, -0.05) is 11.3 Å². The van der Waals surface area contributed by atoms with E-state index < -0.39 is 17.4 Å². The molecule has 1 aliphatic heterocycles. The lowest BCUT2D eigenvalue weighted by molar-refractivity contribution is -0.144. The standard InChI is InChI=1S/C14H16N4O3S2/c19-12(15-14(13(20)21)3-6-22-7-4-14)11-9-18(17-16-11)8-10-2-1-5-23-10/h1-2,5,9H,3-4,6-8H2,(H,15,19)(H,20,21). The predicted octanol–water partition coefficient (Wildman–Crippen LogP) is 1.47. The Morgan fingerprint density at radius 3 is 2.83 bits per heavy atom. The number of amides is 1. The van der Waals surface area contributed by atoms with Crippen LogP contribution in [0.5, 0.6) is 0 Å². The largest absolute Gasteiger partial charge is 0.480 e. The summed E-state index contributed by atoms with van der Waals surface area (Å²) in [4.78, 5) is 25.0. The molecule has 122 valence electrons. The van der Waals surface area contributed by atoms with Crippen LogP contribution in [-0.2, 0) is 11.3 Å². The normalized spacial score (nSPS) is 16.9. The number of carboxylic acids is 1. The molecule has 0 atom stereocenters. The van der Waals surface area contributed by atoms with Gasteiger partial charge in [0.2, 0.25) is 0 Å². The van der Waals surface area contributed by atoms with Gasteiger partial charge in [-0.25, -0.2) is 9.48 Å².